The minimum atomic E-state index is -0.452. The molecule has 0 spiro atoms. The van der Waals surface area contributed by atoms with Crippen molar-refractivity contribution in [3.63, 3.8) is 0 Å². The molecule has 1 amide bonds. The van der Waals surface area contributed by atoms with Crippen molar-refractivity contribution in [2.45, 2.75) is 26.3 Å². The van der Waals surface area contributed by atoms with E-state index in [2.05, 4.69) is 5.32 Å². The molecule has 1 N–H and O–H groups in total. The predicted molar refractivity (Wildman–Crippen MR) is 105 cm³/mol. The highest BCUT2D eigenvalue weighted by Gasteiger charge is 2.13. The minimum Gasteiger partial charge on any atom is -0.464 e. The Morgan fingerprint density at radius 1 is 1.00 bits per heavy atom. The molecule has 140 valence electrons. The van der Waals surface area contributed by atoms with E-state index < -0.39 is 5.97 Å². The Kier molecular flexibility index (Phi) is 5.86. The second-order valence-electron chi connectivity index (χ2n) is 6.30. The number of hydrogen-bond acceptors (Lipinski definition) is 4. The molecule has 0 radical (unpaired) electrons. The minimum absolute atomic E-state index is 0.00352. The van der Waals surface area contributed by atoms with E-state index in [-0.39, 0.29) is 24.4 Å². The van der Waals surface area contributed by atoms with Gasteiger partial charge in [-0.25, -0.2) is 0 Å². The first-order valence-electron chi connectivity index (χ1n) is 9.04. The SMILES string of the molecule is CCCCOC(=O)CNC(=O)Cn1c2ccccc2c(=O)c2ccccc21. The van der Waals surface area contributed by atoms with Crippen LogP contribution >= 0.6 is 0 Å². The van der Waals surface area contributed by atoms with Crippen LogP contribution in [0.15, 0.2) is 53.3 Å². The number of fused-ring (bicyclic) bond motifs is 2. The third kappa shape index (κ3) is 4.16. The Labute approximate surface area is 156 Å². The van der Waals surface area contributed by atoms with Crippen molar-refractivity contribution in [3.8, 4) is 0 Å². The molecule has 3 rings (SSSR count). The van der Waals surface area contributed by atoms with Crippen LogP contribution in [0.5, 0.6) is 0 Å². The number of unbranched alkanes of at least 4 members (excludes halogenated alkanes) is 1. The summed E-state index contributed by atoms with van der Waals surface area (Å²) in [6, 6.07) is 14.4. The number of ether oxygens (including phenoxy) is 1. The summed E-state index contributed by atoms with van der Waals surface area (Å²) in [5.74, 6) is -0.771. The summed E-state index contributed by atoms with van der Waals surface area (Å²) in [4.78, 5) is 36.8. The van der Waals surface area contributed by atoms with Crippen molar-refractivity contribution in [3.05, 3.63) is 58.8 Å². The lowest BCUT2D eigenvalue weighted by atomic mass is 10.1. The van der Waals surface area contributed by atoms with Gasteiger partial charge >= 0.3 is 5.97 Å². The van der Waals surface area contributed by atoms with Crippen LogP contribution in [-0.2, 0) is 20.9 Å². The summed E-state index contributed by atoms with van der Waals surface area (Å²) in [6.07, 6.45) is 1.74. The summed E-state index contributed by atoms with van der Waals surface area (Å²) in [6.45, 7) is 2.21. The van der Waals surface area contributed by atoms with Crippen molar-refractivity contribution >= 4 is 33.7 Å². The van der Waals surface area contributed by atoms with Gasteiger partial charge in [0.2, 0.25) is 5.91 Å². The van der Waals surface area contributed by atoms with Gasteiger partial charge in [-0.2, -0.15) is 0 Å². The Morgan fingerprint density at radius 3 is 2.19 bits per heavy atom. The average molecular weight is 366 g/mol. The second kappa shape index (κ2) is 8.49. The third-order valence-corrected chi connectivity index (χ3v) is 4.37. The lowest BCUT2D eigenvalue weighted by molar-refractivity contribution is -0.144. The number of nitrogens with zero attached hydrogens (tertiary/aromatic N) is 1. The first-order valence-corrected chi connectivity index (χ1v) is 9.04. The highest BCUT2D eigenvalue weighted by atomic mass is 16.5. The summed E-state index contributed by atoms with van der Waals surface area (Å²) in [7, 11) is 0. The average Bonchev–Trinajstić information content (AvgIpc) is 2.70. The van der Waals surface area contributed by atoms with Crippen molar-refractivity contribution in [2.24, 2.45) is 0 Å². The van der Waals surface area contributed by atoms with Gasteiger partial charge in [0.15, 0.2) is 5.43 Å². The lowest BCUT2D eigenvalue weighted by Gasteiger charge is -2.15. The molecule has 6 heteroatoms. The monoisotopic (exact) mass is 366 g/mol. The van der Waals surface area contributed by atoms with Crippen LogP contribution in [0.4, 0.5) is 0 Å². The van der Waals surface area contributed by atoms with Crippen LogP contribution in [0.2, 0.25) is 0 Å². The Balaban J connectivity index is 1.83. The number of carbonyl (C=O) groups is 2. The molecular formula is C21H22N2O4. The van der Waals surface area contributed by atoms with Crippen LogP contribution in [0.25, 0.3) is 21.8 Å². The molecule has 0 aliphatic heterocycles. The highest BCUT2D eigenvalue weighted by Crippen LogP contribution is 2.18. The largest absolute Gasteiger partial charge is 0.464 e. The maximum atomic E-state index is 12.7. The first kappa shape index (κ1) is 18.6. The van der Waals surface area contributed by atoms with Gasteiger partial charge in [0.05, 0.1) is 17.6 Å². The molecule has 0 fully saturated rings. The van der Waals surface area contributed by atoms with Gasteiger partial charge in [-0.15, -0.1) is 0 Å². The molecule has 3 aromatic rings. The van der Waals surface area contributed by atoms with E-state index in [1.807, 2.05) is 31.2 Å². The van der Waals surface area contributed by atoms with Crippen molar-refractivity contribution in [2.75, 3.05) is 13.2 Å². The molecule has 27 heavy (non-hydrogen) atoms. The van der Waals surface area contributed by atoms with Crippen LogP contribution in [-0.4, -0.2) is 29.6 Å². The van der Waals surface area contributed by atoms with Gasteiger partial charge in [0.25, 0.3) is 0 Å². The highest BCUT2D eigenvalue weighted by molar-refractivity contribution is 5.95. The molecule has 0 bridgehead atoms. The fraction of sp³-hybridized carbons (Fsp3) is 0.286. The van der Waals surface area contributed by atoms with E-state index in [1.165, 1.54) is 0 Å². The topological polar surface area (TPSA) is 77.4 Å². The van der Waals surface area contributed by atoms with Crippen LogP contribution < -0.4 is 10.7 Å². The number of nitrogens with one attached hydrogen (secondary N) is 1. The van der Waals surface area contributed by atoms with E-state index >= 15 is 0 Å². The Morgan fingerprint density at radius 2 is 1.59 bits per heavy atom. The molecule has 2 aromatic carbocycles. The molecule has 0 aliphatic rings. The Hall–Kier alpha value is -3.15. The molecule has 6 nitrogen and oxygen atoms in total. The molecule has 0 atom stereocenters. The summed E-state index contributed by atoms with van der Waals surface area (Å²) in [5, 5.41) is 3.71. The summed E-state index contributed by atoms with van der Waals surface area (Å²) in [5.41, 5.74) is 1.31. The molecule has 1 heterocycles. The van der Waals surface area contributed by atoms with Gasteiger partial charge in [-0.05, 0) is 30.7 Å². The van der Waals surface area contributed by atoms with Crippen LogP contribution in [0, 0.1) is 0 Å². The third-order valence-electron chi connectivity index (χ3n) is 4.37. The summed E-state index contributed by atoms with van der Waals surface area (Å²) < 4.78 is 6.83. The first-order chi connectivity index (χ1) is 13.1. The molecule has 0 aliphatic carbocycles. The van der Waals surface area contributed by atoms with Gasteiger partial charge in [0, 0.05) is 10.8 Å². The molecule has 0 unspecified atom stereocenters. The van der Waals surface area contributed by atoms with E-state index in [0.717, 1.165) is 12.8 Å². The fourth-order valence-electron chi connectivity index (χ4n) is 3.00. The normalized spacial score (nSPS) is 10.9. The van der Waals surface area contributed by atoms with Crippen molar-refractivity contribution in [1.82, 2.24) is 9.88 Å². The van der Waals surface area contributed by atoms with Gasteiger partial charge in [-0.1, -0.05) is 37.6 Å². The number of carbonyl (C=O) groups excluding carboxylic acids is 2. The number of esters is 1. The zero-order chi connectivity index (χ0) is 19.2. The fourth-order valence-corrected chi connectivity index (χ4v) is 3.00. The van der Waals surface area contributed by atoms with E-state index in [1.54, 1.807) is 28.8 Å². The van der Waals surface area contributed by atoms with Crippen LogP contribution in [0.3, 0.4) is 0 Å². The number of benzene rings is 2. The number of hydrogen-bond donors (Lipinski definition) is 1. The van der Waals surface area contributed by atoms with Crippen molar-refractivity contribution < 1.29 is 14.3 Å². The van der Waals surface area contributed by atoms with Crippen LogP contribution in [0.1, 0.15) is 19.8 Å². The zero-order valence-corrected chi connectivity index (χ0v) is 15.2. The number of rotatable bonds is 7. The number of amides is 1. The molecule has 1 aromatic heterocycles. The lowest BCUT2D eigenvalue weighted by Crippen LogP contribution is -2.33. The molecule has 0 saturated heterocycles. The maximum Gasteiger partial charge on any atom is 0.325 e. The molecular weight excluding hydrogens is 344 g/mol. The number of aromatic nitrogens is 1. The number of pyridine rings is 1. The van der Waals surface area contributed by atoms with Gasteiger partial charge in [-0.3, -0.25) is 14.4 Å². The molecule has 0 saturated carbocycles. The van der Waals surface area contributed by atoms with E-state index in [9.17, 15) is 14.4 Å². The second-order valence-corrected chi connectivity index (χ2v) is 6.30. The van der Waals surface area contributed by atoms with Crippen molar-refractivity contribution in [1.29, 1.82) is 0 Å². The van der Waals surface area contributed by atoms with E-state index in [4.69, 9.17) is 4.74 Å². The Bertz CT molecular complexity index is 979. The maximum absolute atomic E-state index is 12.7. The predicted octanol–water partition coefficient (Wildman–Crippen LogP) is 2.61. The van der Waals surface area contributed by atoms with Gasteiger partial charge in [0.1, 0.15) is 13.1 Å². The standard InChI is InChI=1S/C21H22N2O4/c1-2-3-12-27-20(25)13-22-19(24)14-23-17-10-6-4-8-15(17)21(26)16-9-5-7-11-18(16)23/h4-11H,2-3,12-14H2,1H3,(H,22,24). The van der Waals surface area contributed by atoms with E-state index in [0.29, 0.717) is 28.4 Å². The smallest absolute Gasteiger partial charge is 0.325 e. The zero-order valence-electron chi connectivity index (χ0n) is 15.2. The summed E-state index contributed by atoms with van der Waals surface area (Å²) >= 11 is 0. The quantitative estimate of drug-likeness (QED) is 0.396. The number of para-hydroxylation sites is 2. The van der Waals surface area contributed by atoms with Gasteiger partial charge < -0.3 is 14.6 Å².